The average molecular weight is 266 g/mol. The van der Waals surface area contributed by atoms with Crippen LogP contribution in [0.25, 0.3) is 0 Å². The lowest BCUT2D eigenvalue weighted by atomic mass is 9.93. The molecule has 0 unspecified atom stereocenters. The Morgan fingerprint density at radius 1 is 1.47 bits per heavy atom. The summed E-state index contributed by atoms with van der Waals surface area (Å²) in [6.45, 7) is 1.52. The number of benzene rings is 1. The van der Waals surface area contributed by atoms with Crippen LogP contribution in [0.3, 0.4) is 0 Å². The van der Waals surface area contributed by atoms with E-state index in [2.05, 4.69) is 10.1 Å². The minimum Gasteiger partial charge on any atom is -0.467 e. The molecule has 0 aliphatic rings. The van der Waals surface area contributed by atoms with Crippen molar-refractivity contribution in [2.45, 2.75) is 18.9 Å². The van der Waals surface area contributed by atoms with Crippen molar-refractivity contribution in [1.29, 1.82) is 0 Å². The SMILES string of the molecule is COC(=O)[C@@](C)(Cc1ccc([N+](=O)[O-])cc1)NC=O. The van der Waals surface area contributed by atoms with E-state index in [9.17, 15) is 19.7 Å². The number of nitro groups is 1. The van der Waals surface area contributed by atoms with Gasteiger partial charge in [-0.25, -0.2) is 4.79 Å². The highest BCUT2D eigenvalue weighted by Crippen LogP contribution is 2.18. The van der Waals surface area contributed by atoms with Crippen LogP contribution >= 0.6 is 0 Å². The van der Waals surface area contributed by atoms with Gasteiger partial charge in [-0.15, -0.1) is 0 Å². The maximum atomic E-state index is 11.7. The average Bonchev–Trinajstić information content (AvgIpc) is 2.38. The Balaban J connectivity index is 2.93. The van der Waals surface area contributed by atoms with E-state index in [0.29, 0.717) is 12.0 Å². The van der Waals surface area contributed by atoms with Crippen molar-refractivity contribution in [3.05, 3.63) is 39.9 Å². The number of rotatable bonds is 6. The van der Waals surface area contributed by atoms with Crippen LogP contribution in [-0.4, -0.2) is 30.0 Å². The fourth-order valence-corrected chi connectivity index (χ4v) is 1.68. The van der Waals surface area contributed by atoms with Crippen LogP contribution in [0.5, 0.6) is 0 Å². The van der Waals surface area contributed by atoms with E-state index in [1.807, 2.05) is 0 Å². The second-order valence-electron chi connectivity index (χ2n) is 4.19. The third-order valence-corrected chi connectivity index (χ3v) is 2.72. The summed E-state index contributed by atoms with van der Waals surface area (Å²) < 4.78 is 4.63. The van der Waals surface area contributed by atoms with E-state index < -0.39 is 16.4 Å². The fraction of sp³-hybridized carbons (Fsp3) is 0.333. The number of non-ortho nitro benzene ring substituents is 1. The number of hydrogen-bond acceptors (Lipinski definition) is 5. The Labute approximate surface area is 109 Å². The molecule has 0 fully saturated rings. The van der Waals surface area contributed by atoms with E-state index >= 15 is 0 Å². The van der Waals surface area contributed by atoms with Gasteiger partial charge in [-0.3, -0.25) is 14.9 Å². The van der Waals surface area contributed by atoms with Gasteiger partial charge in [0.2, 0.25) is 6.41 Å². The Morgan fingerprint density at radius 2 is 2.05 bits per heavy atom. The zero-order valence-corrected chi connectivity index (χ0v) is 10.6. The van der Waals surface area contributed by atoms with Gasteiger partial charge in [-0.2, -0.15) is 0 Å². The number of carbonyl (C=O) groups is 2. The summed E-state index contributed by atoms with van der Waals surface area (Å²) in [5, 5.41) is 12.9. The zero-order valence-electron chi connectivity index (χ0n) is 10.6. The van der Waals surface area contributed by atoms with Gasteiger partial charge in [0.1, 0.15) is 5.54 Å². The minimum absolute atomic E-state index is 0.0353. The number of amides is 1. The van der Waals surface area contributed by atoms with Crippen molar-refractivity contribution in [2.75, 3.05) is 7.11 Å². The lowest BCUT2D eigenvalue weighted by Crippen LogP contribution is -2.51. The topological polar surface area (TPSA) is 98.5 Å². The Hall–Kier alpha value is -2.44. The molecule has 1 N–H and O–H groups in total. The van der Waals surface area contributed by atoms with Crippen LogP contribution in [0.4, 0.5) is 5.69 Å². The quantitative estimate of drug-likeness (QED) is 0.355. The highest BCUT2D eigenvalue weighted by Gasteiger charge is 2.34. The molecule has 0 radical (unpaired) electrons. The van der Waals surface area contributed by atoms with Crippen LogP contribution in [0, 0.1) is 10.1 Å². The highest BCUT2D eigenvalue weighted by atomic mass is 16.6. The summed E-state index contributed by atoms with van der Waals surface area (Å²) in [4.78, 5) is 32.2. The molecule has 0 bridgehead atoms. The lowest BCUT2D eigenvalue weighted by molar-refractivity contribution is -0.384. The van der Waals surface area contributed by atoms with E-state index in [1.165, 1.54) is 38.3 Å². The van der Waals surface area contributed by atoms with Crippen LogP contribution in [-0.2, 0) is 20.7 Å². The molecule has 1 aromatic rings. The van der Waals surface area contributed by atoms with Gasteiger partial charge in [-0.05, 0) is 12.5 Å². The molecule has 7 nitrogen and oxygen atoms in total. The summed E-state index contributed by atoms with van der Waals surface area (Å²) in [6.07, 6.45) is 0.596. The smallest absolute Gasteiger partial charge is 0.331 e. The first-order valence-corrected chi connectivity index (χ1v) is 5.46. The first-order valence-electron chi connectivity index (χ1n) is 5.46. The highest BCUT2D eigenvalue weighted by molar-refractivity contribution is 5.83. The molecular formula is C12H14N2O5. The molecule has 0 aromatic heterocycles. The Bertz CT molecular complexity index is 485. The van der Waals surface area contributed by atoms with Crippen molar-refractivity contribution in [2.24, 2.45) is 0 Å². The largest absolute Gasteiger partial charge is 0.467 e. The van der Waals surface area contributed by atoms with E-state index in [4.69, 9.17) is 0 Å². The molecule has 0 aliphatic carbocycles. The molecule has 7 heteroatoms. The van der Waals surface area contributed by atoms with E-state index in [0.717, 1.165) is 0 Å². The normalized spacial score (nSPS) is 13.2. The molecule has 19 heavy (non-hydrogen) atoms. The number of nitro benzene ring substituents is 1. The number of nitrogens with zero attached hydrogens (tertiary/aromatic N) is 1. The van der Waals surface area contributed by atoms with Crippen LogP contribution in [0.15, 0.2) is 24.3 Å². The van der Waals surface area contributed by atoms with Gasteiger partial charge in [0, 0.05) is 18.6 Å². The maximum absolute atomic E-state index is 11.7. The van der Waals surface area contributed by atoms with Crippen LogP contribution < -0.4 is 5.32 Å². The molecule has 0 spiro atoms. The second-order valence-corrected chi connectivity index (χ2v) is 4.19. The van der Waals surface area contributed by atoms with Gasteiger partial charge in [0.15, 0.2) is 0 Å². The predicted molar refractivity (Wildman–Crippen MR) is 66.4 cm³/mol. The molecule has 102 valence electrons. The Kier molecular flexibility index (Phi) is 4.57. The molecular weight excluding hydrogens is 252 g/mol. The van der Waals surface area contributed by atoms with Gasteiger partial charge in [-0.1, -0.05) is 12.1 Å². The third kappa shape index (κ3) is 3.51. The molecule has 0 saturated carbocycles. The third-order valence-electron chi connectivity index (χ3n) is 2.72. The molecule has 0 saturated heterocycles. The van der Waals surface area contributed by atoms with E-state index in [-0.39, 0.29) is 12.1 Å². The predicted octanol–water partition coefficient (Wildman–Crippen LogP) is 0.815. The number of nitrogens with one attached hydrogen (secondary N) is 1. The minimum atomic E-state index is -1.20. The standard InChI is InChI=1S/C12H14N2O5/c1-12(13-8-15,11(16)19-2)7-9-3-5-10(6-4-9)14(17)18/h3-6,8H,7H2,1-2H3,(H,13,15)/t12-/m1/s1. The van der Waals surface area contributed by atoms with Crippen LogP contribution in [0.1, 0.15) is 12.5 Å². The summed E-state index contributed by atoms with van der Waals surface area (Å²) >= 11 is 0. The Morgan fingerprint density at radius 3 is 2.47 bits per heavy atom. The first-order chi connectivity index (χ1) is 8.92. The first kappa shape index (κ1) is 14.6. The monoisotopic (exact) mass is 266 g/mol. The lowest BCUT2D eigenvalue weighted by Gasteiger charge is -2.25. The molecule has 1 amide bonds. The fourth-order valence-electron chi connectivity index (χ4n) is 1.68. The number of hydrogen-bond donors (Lipinski definition) is 1. The molecule has 1 rings (SSSR count). The van der Waals surface area contributed by atoms with Gasteiger partial charge in [0.05, 0.1) is 12.0 Å². The van der Waals surface area contributed by atoms with Crippen molar-refractivity contribution in [1.82, 2.24) is 5.32 Å². The number of carbonyl (C=O) groups excluding carboxylic acids is 2. The van der Waals surface area contributed by atoms with Crippen LogP contribution in [0.2, 0.25) is 0 Å². The van der Waals surface area contributed by atoms with Crippen molar-refractivity contribution >= 4 is 18.1 Å². The zero-order chi connectivity index (χ0) is 14.5. The molecule has 0 aliphatic heterocycles. The summed E-state index contributed by atoms with van der Waals surface area (Å²) in [5.74, 6) is -0.585. The van der Waals surface area contributed by atoms with Gasteiger partial charge >= 0.3 is 5.97 Å². The van der Waals surface area contributed by atoms with Crippen molar-refractivity contribution in [3.8, 4) is 0 Å². The number of ether oxygens (including phenoxy) is 1. The van der Waals surface area contributed by atoms with Gasteiger partial charge in [0.25, 0.3) is 5.69 Å². The van der Waals surface area contributed by atoms with Crippen molar-refractivity contribution in [3.63, 3.8) is 0 Å². The summed E-state index contributed by atoms with van der Waals surface area (Å²) in [6, 6.07) is 5.75. The summed E-state index contributed by atoms with van der Waals surface area (Å²) in [7, 11) is 1.23. The number of methoxy groups -OCH3 is 1. The molecule has 1 aromatic carbocycles. The molecule has 0 heterocycles. The van der Waals surface area contributed by atoms with Crippen molar-refractivity contribution < 1.29 is 19.2 Å². The molecule has 1 atom stereocenters. The van der Waals surface area contributed by atoms with E-state index in [1.54, 1.807) is 0 Å². The van der Waals surface area contributed by atoms with Gasteiger partial charge < -0.3 is 10.1 Å². The maximum Gasteiger partial charge on any atom is 0.331 e. The second kappa shape index (κ2) is 5.94. The number of esters is 1. The summed E-state index contributed by atoms with van der Waals surface area (Å²) in [5.41, 5.74) is -0.563.